The highest BCUT2D eigenvalue weighted by Crippen LogP contribution is 2.32. The van der Waals surface area contributed by atoms with Gasteiger partial charge in [0.05, 0.1) is 0 Å². The van der Waals surface area contributed by atoms with Crippen molar-refractivity contribution in [1.82, 2.24) is 5.43 Å². The van der Waals surface area contributed by atoms with E-state index in [2.05, 4.69) is 60.3 Å². The standard InChI is InChI=1S/C16H27BrN2/c1-4-6-9-13(5-2)11-15(19-18)14-10-7-8-12(3)16(14)17/h7-8,10,13,15,19H,4-6,9,11,18H2,1-3H3. The lowest BCUT2D eigenvalue weighted by Gasteiger charge is -2.24. The number of nitrogens with one attached hydrogen (secondary N) is 1. The Balaban J connectivity index is 2.79. The monoisotopic (exact) mass is 326 g/mol. The number of benzene rings is 1. The minimum Gasteiger partial charge on any atom is -0.271 e. The minimum absolute atomic E-state index is 0.232. The maximum Gasteiger partial charge on any atom is 0.0473 e. The highest BCUT2D eigenvalue weighted by atomic mass is 79.9. The fraction of sp³-hybridized carbons (Fsp3) is 0.625. The number of nitrogens with two attached hydrogens (primary N) is 1. The second kappa shape index (κ2) is 8.72. The summed E-state index contributed by atoms with van der Waals surface area (Å²) in [6, 6.07) is 6.62. The van der Waals surface area contributed by atoms with Gasteiger partial charge in [0.2, 0.25) is 0 Å². The number of halogens is 1. The predicted octanol–water partition coefficient (Wildman–Crippen LogP) is 4.87. The van der Waals surface area contributed by atoms with E-state index in [1.54, 1.807) is 0 Å². The Morgan fingerprint density at radius 2 is 2.05 bits per heavy atom. The predicted molar refractivity (Wildman–Crippen MR) is 86.9 cm³/mol. The largest absolute Gasteiger partial charge is 0.271 e. The van der Waals surface area contributed by atoms with Gasteiger partial charge in [0.1, 0.15) is 0 Å². The third-order valence-electron chi connectivity index (χ3n) is 3.91. The molecule has 0 bridgehead atoms. The van der Waals surface area contributed by atoms with Gasteiger partial charge >= 0.3 is 0 Å². The summed E-state index contributed by atoms with van der Waals surface area (Å²) >= 11 is 3.69. The highest BCUT2D eigenvalue weighted by Gasteiger charge is 2.18. The third-order valence-corrected chi connectivity index (χ3v) is 4.99. The Bertz CT molecular complexity index is 379. The van der Waals surface area contributed by atoms with Crippen molar-refractivity contribution in [1.29, 1.82) is 0 Å². The summed E-state index contributed by atoms with van der Waals surface area (Å²) < 4.78 is 1.18. The van der Waals surface area contributed by atoms with Gasteiger partial charge in [-0.15, -0.1) is 0 Å². The third kappa shape index (κ3) is 4.90. The first kappa shape index (κ1) is 16.7. The van der Waals surface area contributed by atoms with E-state index in [0.29, 0.717) is 0 Å². The average molecular weight is 327 g/mol. The second-order valence-electron chi connectivity index (χ2n) is 5.35. The zero-order valence-corrected chi connectivity index (χ0v) is 14.0. The molecule has 0 fully saturated rings. The van der Waals surface area contributed by atoms with Gasteiger partial charge in [-0.2, -0.15) is 0 Å². The molecule has 108 valence electrons. The highest BCUT2D eigenvalue weighted by molar-refractivity contribution is 9.10. The van der Waals surface area contributed by atoms with Crippen LogP contribution < -0.4 is 11.3 Å². The fourth-order valence-corrected chi connectivity index (χ4v) is 3.08. The Morgan fingerprint density at radius 1 is 1.32 bits per heavy atom. The number of rotatable bonds is 8. The molecular formula is C16H27BrN2. The van der Waals surface area contributed by atoms with Crippen LogP contribution in [-0.2, 0) is 0 Å². The molecule has 0 aromatic heterocycles. The molecule has 2 unspecified atom stereocenters. The van der Waals surface area contributed by atoms with E-state index in [0.717, 1.165) is 12.3 Å². The van der Waals surface area contributed by atoms with Crippen LogP contribution in [0.4, 0.5) is 0 Å². The van der Waals surface area contributed by atoms with Crippen LogP contribution in [-0.4, -0.2) is 0 Å². The topological polar surface area (TPSA) is 38.0 Å². The molecule has 19 heavy (non-hydrogen) atoms. The van der Waals surface area contributed by atoms with Crippen molar-refractivity contribution in [3.63, 3.8) is 0 Å². The molecule has 2 nitrogen and oxygen atoms in total. The van der Waals surface area contributed by atoms with Crippen LogP contribution in [0.25, 0.3) is 0 Å². The van der Waals surface area contributed by atoms with Crippen LogP contribution in [0, 0.1) is 12.8 Å². The van der Waals surface area contributed by atoms with Crippen LogP contribution in [0.3, 0.4) is 0 Å². The van der Waals surface area contributed by atoms with E-state index in [9.17, 15) is 0 Å². The van der Waals surface area contributed by atoms with E-state index in [-0.39, 0.29) is 6.04 Å². The summed E-state index contributed by atoms with van der Waals surface area (Å²) in [6.07, 6.45) is 6.21. The van der Waals surface area contributed by atoms with Gasteiger partial charge in [0.15, 0.2) is 0 Å². The molecule has 1 aromatic carbocycles. The summed E-state index contributed by atoms with van der Waals surface area (Å²) in [4.78, 5) is 0. The number of unbranched alkanes of at least 4 members (excludes halogenated alkanes) is 1. The van der Waals surface area contributed by atoms with E-state index < -0.39 is 0 Å². The molecular weight excluding hydrogens is 300 g/mol. The van der Waals surface area contributed by atoms with Crippen LogP contribution in [0.2, 0.25) is 0 Å². The van der Waals surface area contributed by atoms with E-state index in [1.807, 2.05) is 0 Å². The van der Waals surface area contributed by atoms with Crippen molar-refractivity contribution in [2.45, 2.75) is 58.9 Å². The first-order chi connectivity index (χ1) is 9.13. The molecule has 0 aliphatic carbocycles. The first-order valence-corrected chi connectivity index (χ1v) is 8.14. The SMILES string of the molecule is CCCCC(CC)CC(NN)c1cccc(C)c1Br. The van der Waals surface area contributed by atoms with Crippen LogP contribution in [0.1, 0.15) is 63.1 Å². The van der Waals surface area contributed by atoms with Gasteiger partial charge in [0, 0.05) is 10.5 Å². The van der Waals surface area contributed by atoms with Crippen molar-refractivity contribution in [2.24, 2.45) is 11.8 Å². The Kier molecular flexibility index (Phi) is 7.66. The Labute approximate surface area is 126 Å². The van der Waals surface area contributed by atoms with Crippen molar-refractivity contribution >= 4 is 15.9 Å². The molecule has 0 saturated carbocycles. The van der Waals surface area contributed by atoms with Crippen LogP contribution in [0.15, 0.2) is 22.7 Å². The smallest absolute Gasteiger partial charge is 0.0473 e. The van der Waals surface area contributed by atoms with Gasteiger partial charge in [-0.05, 0) is 30.4 Å². The molecule has 3 N–H and O–H groups in total. The van der Waals surface area contributed by atoms with Gasteiger partial charge in [-0.1, -0.05) is 73.7 Å². The quantitative estimate of drug-likeness (QED) is 0.528. The lowest BCUT2D eigenvalue weighted by molar-refractivity contribution is 0.355. The lowest BCUT2D eigenvalue weighted by Crippen LogP contribution is -2.30. The normalized spacial score (nSPS) is 14.4. The molecule has 2 atom stereocenters. The Hall–Kier alpha value is -0.380. The molecule has 0 radical (unpaired) electrons. The number of hydrazine groups is 1. The zero-order chi connectivity index (χ0) is 14.3. The molecule has 1 rings (SSSR count). The van der Waals surface area contributed by atoms with E-state index in [4.69, 9.17) is 5.84 Å². The summed E-state index contributed by atoms with van der Waals surface area (Å²) in [6.45, 7) is 6.65. The zero-order valence-electron chi connectivity index (χ0n) is 12.4. The van der Waals surface area contributed by atoms with Gasteiger partial charge in [-0.25, -0.2) is 0 Å². The van der Waals surface area contributed by atoms with E-state index in [1.165, 1.54) is 41.3 Å². The van der Waals surface area contributed by atoms with Crippen LogP contribution >= 0.6 is 15.9 Å². The summed E-state index contributed by atoms with van der Waals surface area (Å²) in [5, 5.41) is 0. The fourth-order valence-electron chi connectivity index (χ4n) is 2.54. The maximum atomic E-state index is 5.78. The molecule has 0 aliphatic heterocycles. The molecule has 0 aliphatic rings. The lowest BCUT2D eigenvalue weighted by atomic mass is 9.89. The summed E-state index contributed by atoms with van der Waals surface area (Å²) in [7, 11) is 0. The first-order valence-electron chi connectivity index (χ1n) is 7.35. The van der Waals surface area contributed by atoms with Gasteiger partial charge in [-0.3, -0.25) is 11.3 Å². The maximum absolute atomic E-state index is 5.78. The number of aryl methyl sites for hydroxylation is 1. The van der Waals surface area contributed by atoms with Crippen molar-refractivity contribution in [2.75, 3.05) is 0 Å². The average Bonchev–Trinajstić information content (AvgIpc) is 2.43. The van der Waals surface area contributed by atoms with Gasteiger partial charge < -0.3 is 0 Å². The van der Waals surface area contributed by atoms with Gasteiger partial charge in [0.25, 0.3) is 0 Å². The molecule has 0 amide bonds. The summed E-state index contributed by atoms with van der Waals surface area (Å²) in [5.74, 6) is 6.53. The summed E-state index contributed by atoms with van der Waals surface area (Å²) in [5.41, 5.74) is 5.54. The molecule has 3 heteroatoms. The Morgan fingerprint density at radius 3 is 2.63 bits per heavy atom. The number of hydrogen-bond acceptors (Lipinski definition) is 2. The molecule has 0 spiro atoms. The molecule has 1 aromatic rings. The van der Waals surface area contributed by atoms with Crippen LogP contribution in [0.5, 0.6) is 0 Å². The second-order valence-corrected chi connectivity index (χ2v) is 6.14. The van der Waals surface area contributed by atoms with Crippen molar-refractivity contribution < 1.29 is 0 Å². The van der Waals surface area contributed by atoms with E-state index >= 15 is 0 Å². The minimum atomic E-state index is 0.232. The van der Waals surface area contributed by atoms with Crippen molar-refractivity contribution in [3.05, 3.63) is 33.8 Å². The van der Waals surface area contributed by atoms with Crippen molar-refractivity contribution in [3.8, 4) is 0 Å². The molecule has 0 saturated heterocycles. The molecule has 0 heterocycles. The number of hydrogen-bond donors (Lipinski definition) is 2.